The molecule has 0 amide bonds. The third-order valence-corrected chi connectivity index (χ3v) is 12.6. The number of hydrogen-bond donors (Lipinski definition) is 0. The van der Waals surface area contributed by atoms with Gasteiger partial charge in [-0.15, -0.1) is 17.7 Å². The predicted molar refractivity (Wildman–Crippen MR) is 172 cm³/mol. The Hall–Kier alpha value is -2.70. The van der Waals surface area contributed by atoms with Gasteiger partial charge >= 0.3 is 106 Å². The van der Waals surface area contributed by atoms with Gasteiger partial charge in [0.15, 0.2) is 0 Å². The molecule has 1 radical (unpaired) electrons. The third-order valence-electron chi connectivity index (χ3n) is 6.90. The first-order valence-electron chi connectivity index (χ1n) is 13.9. The summed E-state index contributed by atoms with van der Waals surface area (Å²) in [7, 11) is 0. The van der Waals surface area contributed by atoms with Gasteiger partial charge in [0.05, 0.1) is 0 Å². The molecule has 2 nitrogen and oxygen atoms in total. The van der Waals surface area contributed by atoms with Gasteiger partial charge in [-0.1, -0.05) is 43.7 Å². The summed E-state index contributed by atoms with van der Waals surface area (Å²) in [5.41, 5.74) is 5.87. The predicted octanol–water partition coefficient (Wildman–Crippen LogP) is 9.58. The molecule has 3 aromatic heterocycles. The second-order valence-electron chi connectivity index (χ2n) is 11.2. The van der Waals surface area contributed by atoms with Crippen LogP contribution in [0.4, 0.5) is 4.39 Å². The Balaban J connectivity index is 0.000000200. The summed E-state index contributed by atoms with van der Waals surface area (Å²) in [5.74, 6) is 6.23. The van der Waals surface area contributed by atoms with E-state index in [1.165, 1.54) is 16.0 Å². The van der Waals surface area contributed by atoms with E-state index in [0.29, 0.717) is 5.39 Å². The van der Waals surface area contributed by atoms with E-state index in [2.05, 4.69) is 64.6 Å². The number of fused-ring (bicyclic) bond motifs is 3. The van der Waals surface area contributed by atoms with Crippen LogP contribution in [0.1, 0.15) is 32.2 Å². The molecule has 0 aliphatic heterocycles. The summed E-state index contributed by atoms with van der Waals surface area (Å²) in [6.45, 7) is 5.88. The van der Waals surface area contributed by atoms with Gasteiger partial charge in [-0.25, -0.2) is 0 Å². The van der Waals surface area contributed by atoms with E-state index in [9.17, 15) is 4.39 Å². The van der Waals surface area contributed by atoms with Crippen molar-refractivity contribution >= 4 is 49.2 Å². The van der Waals surface area contributed by atoms with Crippen molar-refractivity contribution in [3.05, 3.63) is 114 Å². The number of rotatable bonds is 4. The van der Waals surface area contributed by atoms with Gasteiger partial charge in [-0.2, -0.15) is 11.3 Å². The van der Waals surface area contributed by atoms with Crippen molar-refractivity contribution < 1.29 is 25.9 Å². The van der Waals surface area contributed by atoms with Crippen LogP contribution in [-0.4, -0.2) is 23.2 Å². The standard InChI is InChI=1S/C20H15FNS.C15H18GeN.Ir/c1-12(2)13-9-10-22-17(11-13)14-7-8-16(21)19-15-5-3-4-6-18(15)23-20(14)19;1-12-10-15(13-8-6-5-7-9-13)17-11-14(12)16(2,3)4;/h3-6,8-12H,1-2H3;5-8,10-11H,1-4H3;/q2*-1;/i12D;;. The number of aromatic nitrogens is 2. The van der Waals surface area contributed by atoms with Crippen LogP contribution in [0.3, 0.4) is 0 Å². The molecule has 6 heteroatoms. The number of halogens is 1. The zero-order valence-electron chi connectivity index (χ0n) is 25.1. The monoisotopic (exact) mass is 800 g/mol. The van der Waals surface area contributed by atoms with Crippen molar-refractivity contribution in [1.29, 1.82) is 0 Å². The molecule has 0 aliphatic rings. The van der Waals surface area contributed by atoms with Gasteiger partial charge in [0.2, 0.25) is 0 Å². The maximum absolute atomic E-state index is 14.4. The van der Waals surface area contributed by atoms with Crippen LogP contribution in [0.25, 0.3) is 42.7 Å². The summed E-state index contributed by atoms with van der Waals surface area (Å²) < 4.78 is 26.0. The number of nitrogens with zero attached hydrogens (tertiary/aromatic N) is 2. The summed E-state index contributed by atoms with van der Waals surface area (Å²) >= 11 is -0.220. The first-order valence-corrected chi connectivity index (χ1v) is 21.5. The van der Waals surface area contributed by atoms with Crippen molar-refractivity contribution in [3.8, 4) is 22.5 Å². The van der Waals surface area contributed by atoms with Crippen LogP contribution in [0.15, 0.2) is 85.2 Å². The molecule has 6 rings (SSSR count). The van der Waals surface area contributed by atoms with E-state index in [1.54, 1.807) is 17.5 Å². The van der Waals surface area contributed by atoms with Gasteiger partial charge in [0.25, 0.3) is 0 Å². The van der Waals surface area contributed by atoms with Crippen molar-refractivity contribution in [1.82, 2.24) is 9.97 Å². The van der Waals surface area contributed by atoms with Crippen LogP contribution in [0.5, 0.6) is 0 Å². The molecule has 0 fully saturated rings. The Kier molecular flexibility index (Phi) is 9.50. The first-order chi connectivity index (χ1) is 19.4. The van der Waals surface area contributed by atoms with E-state index in [1.807, 2.05) is 68.4 Å². The largest absolute Gasteiger partial charge is 0.305 e. The number of thiophene rings is 1. The zero-order chi connectivity index (χ0) is 29.4. The van der Waals surface area contributed by atoms with Crippen LogP contribution >= 0.6 is 11.3 Å². The van der Waals surface area contributed by atoms with Gasteiger partial charge in [0.1, 0.15) is 0 Å². The summed E-state index contributed by atoms with van der Waals surface area (Å²) in [6.07, 6.45) is 3.78. The first kappa shape index (κ1) is 29.8. The third kappa shape index (κ3) is 6.86. The molecular formula is C35H33FGeIrN2S-2. The maximum atomic E-state index is 14.4. The number of benzene rings is 3. The molecule has 0 atom stereocenters. The molecule has 3 aromatic carbocycles. The van der Waals surface area contributed by atoms with Crippen LogP contribution < -0.4 is 4.40 Å². The average molecular weight is 799 g/mol. The van der Waals surface area contributed by atoms with E-state index in [4.69, 9.17) is 1.37 Å². The summed E-state index contributed by atoms with van der Waals surface area (Å²) in [6, 6.07) is 29.4. The van der Waals surface area contributed by atoms with E-state index in [-0.39, 0.29) is 25.9 Å². The molecule has 0 saturated heterocycles. The van der Waals surface area contributed by atoms with Gasteiger partial charge < -0.3 is 4.98 Å². The Labute approximate surface area is 264 Å². The van der Waals surface area contributed by atoms with Crippen LogP contribution in [-0.2, 0) is 20.1 Å². The molecule has 0 aliphatic carbocycles. The smallest absolute Gasteiger partial charge is 0.0470 e. The second kappa shape index (κ2) is 13.1. The molecule has 6 aromatic rings. The fourth-order valence-corrected chi connectivity index (χ4v) is 9.64. The maximum Gasteiger partial charge on any atom is 0.0470 e. The van der Waals surface area contributed by atoms with E-state index >= 15 is 0 Å². The Morgan fingerprint density at radius 1 is 0.951 bits per heavy atom. The van der Waals surface area contributed by atoms with Gasteiger partial charge in [-0.3, -0.25) is 4.39 Å². The molecule has 0 N–H and O–H groups in total. The number of hydrogen-bond acceptors (Lipinski definition) is 3. The van der Waals surface area contributed by atoms with Crippen molar-refractivity contribution in [2.24, 2.45) is 0 Å². The van der Waals surface area contributed by atoms with Crippen molar-refractivity contribution in [3.63, 3.8) is 0 Å². The summed E-state index contributed by atoms with van der Waals surface area (Å²) in [5, 5.41) is 1.55. The van der Waals surface area contributed by atoms with Crippen molar-refractivity contribution in [2.45, 2.75) is 43.9 Å². The average Bonchev–Trinajstić information content (AvgIpc) is 3.33. The number of pyridine rings is 2. The van der Waals surface area contributed by atoms with E-state index < -0.39 is 19.2 Å². The van der Waals surface area contributed by atoms with Crippen LogP contribution in [0.2, 0.25) is 17.3 Å². The topological polar surface area (TPSA) is 25.8 Å². The Morgan fingerprint density at radius 3 is 2.39 bits per heavy atom. The minimum absolute atomic E-state index is 0. The Bertz CT molecular complexity index is 1840. The van der Waals surface area contributed by atoms with Gasteiger partial charge in [-0.05, 0) is 39.2 Å². The zero-order valence-corrected chi connectivity index (χ0v) is 29.4. The molecule has 211 valence electrons. The molecule has 0 bridgehead atoms. The molecule has 0 spiro atoms. The molecule has 3 heterocycles. The Morgan fingerprint density at radius 2 is 1.71 bits per heavy atom. The fraction of sp³-hybridized carbons (Fsp3) is 0.200. The van der Waals surface area contributed by atoms with Crippen molar-refractivity contribution in [2.75, 3.05) is 0 Å². The SMILES string of the molecule is Cc1cc(-c2[c-]cccc2)nc[c]1[Ge]([CH3])([CH3])[CH3].[2H]C(C)(C)c1ccnc(-c2[c-]cc(F)c3c2sc2ccccc23)c1.[Ir]. The minimum atomic E-state index is -1.77. The normalized spacial score (nSPS) is 11.9. The molecular weight excluding hydrogens is 764 g/mol. The quantitative estimate of drug-likeness (QED) is 0.131. The minimum Gasteiger partial charge on any atom is -0.305 e. The van der Waals surface area contributed by atoms with Crippen LogP contribution in [0, 0.1) is 24.9 Å². The second-order valence-corrected chi connectivity index (χ2v) is 22.8. The number of aryl methyl sites for hydroxylation is 1. The summed E-state index contributed by atoms with van der Waals surface area (Å²) in [4.78, 5) is 9.03. The van der Waals surface area contributed by atoms with Gasteiger partial charge in [0, 0.05) is 38.2 Å². The molecule has 0 saturated carbocycles. The molecule has 0 unspecified atom stereocenters. The molecule has 41 heavy (non-hydrogen) atoms. The van der Waals surface area contributed by atoms with E-state index in [0.717, 1.165) is 42.9 Å². The fourth-order valence-electron chi connectivity index (χ4n) is 4.84.